The predicted octanol–water partition coefficient (Wildman–Crippen LogP) is 4.09. The van der Waals surface area contributed by atoms with Crippen LogP contribution in [0.5, 0.6) is 0 Å². The molecule has 4 heteroatoms. The van der Waals surface area contributed by atoms with Crippen LogP contribution < -0.4 is 0 Å². The number of hydrogen-bond acceptors (Lipinski definition) is 3. The van der Waals surface area contributed by atoms with E-state index in [0.717, 1.165) is 19.3 Å². The average Bonchev–Trinajstić information content (AvgIpc) is 2.28. The van der Waals surface area contributed by atoms with Crippen molar-refractivity contribution in [3.63, 3.8) is 0 Å². The lowest BCUT2D eigenvalue weighted by Crippen LogP contribution is -2.31. The fourth-order valence-corrected chi connectivity index (χ4v) is 4.28. The van der Waals surface area contributed by atoms with Crippen molar-refractivity contribution in [2.24, 2.45) is 0 Å². The maximum atomic E-state index is 11.7. The maximum absolute atomic E-state index is 11.7. The SMILES string of the molecule is CCCCCCCCCCCCS(=O)(=O)CC(C)(C)O. The quantitative estimate of drug-likeness (QED) is 0.521. The molecule has 0 rings (SSSR count). The first kappa shape index (κ1) is 19.9. The molecule has 0 saturated heterocycles. The van der Waals surface area contributed by atoms with Gasteiger partial charge in [0, 0.05) is 0 Å². The van der Waals surface area contributed by atoms with Crippen LogP contribution in [-0.4, -0.2) is 30.6 Å². The molecule has 0 aliphatic heterocycles. The van der Waals surface area contributed by atoms with Gasteiger partial charge in [0.25, 0.3) is 0 Å². The average molecular weight is 307 g/mol. The van der Waals surface area contributed by atoms with E-state index < -0.39 is 15.4 Å². The van der Waals surface area contributed by atoms with Crippen molar-refractivity contribution in [1.82, 2.24) is 0 Å². The zero-order valence-corrected chi connectivity index (χ0v) is 14.5. The van der Waals surface area contributed by atoms with Crippen LogP contribution in [0.3, 0.4) is 0 Å². The van der Waals surface area contributed by atoms with E-state index in [2.05, 4.69) is 6.92 Å². The minimum atomic E-state index is -3.10. The van der Waals surface area contributed by atoms with Crippen LogP contribution in [0.15, 0.2) is 0 Å². The lowest BCUT2D eigenvalue weighted by Gasteiger charge is -2.16. The molecule has 0 atom stereocenters. The van der Waals surface area contributed by atoms with E-state index in [0.29, 0.717) is 0 Å². The molecule has 0 bridgehead atoms. The second-order valence-corrected chi connectivity index (χ2v) is 8.77. The first-order valence-electron chi connectivity index (χ1n) is 8.19. The van der Waals surface area contributed by atoms with Crippen molar-refractivity contribution in [3.8, 4) is 0 Å². The Bertz CT molecular complexity index is 315. The molecule has 20 heavy (non-hydrogen) atoms. The molecular weight excluding hydrogens is 272 g/mol. The molecule has 0 radical (unpaired) electrons. The summed E-state index contributed by atoms with van der Waals surface area (Å²) in [4.78, 5) is 0. The van der Waals surface area contributed by atoms with Crippen molar-refractivity contribution in [3.05, 3.63) is 0 Å². The first-order valence-corrected chi connectivity index (χ1v) is 10.0. The summed E-state index contributed by atoms with van der Waals surface area (Å²) in [5.41, 5.74) is -1.11. The van der Waals surface area contributed by atoms with E-state index in [9.17, 15) is 13.5 Å². The third-order valence-electron chi connectivity index (χ3n) is 3.38. The van der Waals surface area contributed by atoms with Crippen LogP contribution in [0.4, 0.5) is 0 Å². The van der Waals surface area contributed by atoms with Crippen LogP contribution in [0.25, 0.3) is 0 Å². The molecule has 0 aromatic rings. The van der Waals surface area contributed by atoms with Gasteiger partial charge >= 0.3 is 0 Å². The second kappa shape index (κ2) is 10.6. The number of sulfone groups is 1. The molecule has 0 aliphatic rings. The third kappa shape index (κ3) is 14.3. The van der Waals surface area contributed by atoms with Gasteiger partial charge in [0.1, 0.15) is 0 Å². The van der Waals surface area contributed by atoms with Crippen LogP contribution in [-0.2, 0) is 9.84 Å². The number of aliphatic hydroxyl groups is 1. The van der Waals surface area contributed by atoms with Gasteiger partial charge in [0.2, 0.25) is 0 Å². The highest BCUT2D eigenvalue weighted by Crippen LogP contribution is 2.12. The van der Waals surface area contributed by atoms with Gasteiger partial charge in [-0.1, -0.05) is 64.7 Å². The highest BCUT2D eigenvalue weighted by Gasteiger charge is 2.22. The molecule has 0 aliphatic carbocycles. The summed E-state index contributed by atoms with van der Waals surface area (Å²) < 4.78 is 23.4. The zero-order valence-electron chi connectivity index (χ0n) is 13.7. The molecule has 3 nitrogen and oxygen atoms in total. The van der Waals surface area contributed by atoms with E-state index in [4.69, 9.17) is 0 Å². The molecular formula is C16H34O3S. The molecule has 0 unspecified atom stereocenters. The molecule has 1 N–H and O–H groups in total. The van der Waals surface area contributed by atoms with E-state index >= 15 is 0 Å². The molecule has 0 heterocycles. The fourth-order valence-electron chi connectivity index (χ4n) is 2.42. The molecule has 0 amide bonds. The highest BCUT2D eigenvalue weighted by atomic mass is 32.2. The van der Waals surface area contributed by atoms with Crippen LogP contribution in [0.2, 0.25) is 0 Å². The summed E-state index contributed by atoms with van der Waals surface area (Å²) in [6, 6.07) is 0. The second-order valence-electron chi connectivity index (χ2n) is 6.59. The van der Waals surface area contributed by atoms with Gasteiger partial charge in [0.15, 0.2) is 9.84 Å². The lowest BCUT2D eigenvalue weighted by molar-refractivity contribution is 0.105. The van der Waals surface area contributed by atoms with Gasteiger partial charge < -0.3 is 5.11 Å². The van der Waals surface area contributed by atoms with Gasteiger partial charge in [0.05, 0.1) is 17.1 Å². The Labute approximate surface area is 126 Å². The predicted molar refractivity (Wildman–Crippen MR) is 86.8 cm³/mol. The Morgan fingerprint density at radius 2 is 1.20 bits per heavy atom. The highest BCUT2D eigenvalue weighted by molar-refractivity contribution is 7.91. The van der Waals surface area contributed by atoms with E-state index in [1.54, 1.807) is 13.8 Å². The summed E-state index contributed by atoms with van der Waals surface area (Å²) >= 11 is 0. The Morgan fingerprint density at radius 3 is 1.60 bits per heavy atom. The Morgan fingerprint density at radius 1 is 0.800 bits per heavy atom. The topological polar surface area (TPSA) is 54.4 Å². The van der Waals surface area contributed by atoms with Crippen molar-refractivity contribution in [1.29, 1.82) is 0 Å². The minimum Gasteiger partial charge on any atom is -0.389 e. The van der Waals surface area contributed by atoms with Crippen LogP contribution in [0.1, 0.15) is 85.0 Å². The standard InChI is InChI=1S/C16H34O3S/c1-4-5-6-7-8-9-10-11-12-13-14-20(18,19)15-16(2,3)17/h17H,4-15H2,1-3H3. The minimum absolute atomic E-state index is 0.128. The van der Waals surface area contributed by atoms with Gasteiger partial charge in [-0.15, -0.1) is 0 Å². The molecule has 0 spiro atoms. The monoisotopic (exact) mass is 306 g/mol. The van der Waals surface area contributed by atoms with Crippen molar-refractivity contribution in [2.75, 3.05) is 11.5 Å². The zero-order chi connectivity index (χ0) is 15.5. The Kier molecular flexibility index (Phi) is 10.6. The fraction of sp³-hybridized carbons (Fsp3) is 1.00. The maximum Gasteiger partial charge on any atom is 0.153 e. The van der Waals surface area contributed by atoms with Crippen molar-refractivity contribution < 1.29 is 13.5 Å². The van der Waals surface area contributed by atoms with Crippen LogP contribution in [0, 0.1) is 0 Å². The molecule has 0 aromatic heterocycles. The van der Waals surface area contributed by atoms with Crippen LogP contribution >= 0.6 is 0 Å². The van der Waals surface area contributed by atoms with Crippen molar-refractivity contribution in [2.45, 2.75) is 90.6 Å². The number of rotatable bonds is 13. The summed E-state index contributed by atoms with van der Waals surface area (Å²) in [5, 5.41) is 9.54. The lowest BCUT2D eigenvalue weighted by atomic mass is 10.1. The number of hydrogen-bond donors (Lipinski definition) is 1. The largest absolute Gasteiger partial charge is 0.389 e. The number of unbranched alkanes of at least 4 members (excludes halogenated alkanes) is 9. The molecule has 122 valence electrons. The first-order chi connectivity index (χ1) is 9.27. The smallest absolute Gasteiger partial charge is 0.153 e. The Hall–Kier alpha value is -0.0900. The summed E-state index contributed by atoms with van der Waals surface area (Å²) in [6.45, 7) is 5.32. The van der Waals surface area contributed by atoms with E-state index in [1.807, 2.05) is 0 Å². The van der Waals surface area contributed by atoms with E-state index in [1.165, 1.54) is 44.9 Å². The molecule has 0 aromatic carbocycles. The summed E-state index contributed by atoms with van der Waals surface area (Å²) in [5.74, 6) is 0.0882. The van der Waals surface area contributed by atoms with Gasteiger partial charge in [-0.2, -0.15) is 0 Å². The summed E-state index contributed by atoms with van der Waals surface area (Å²) in [6.07, 6.45) is 12.0. The van der Waals surface area contributed by atoms with Gasteiger partial charge in [-0.25, -0.2) is 8.42 Å². The van der Waals surface area contributed by atoms with Gasteiger partial charge in [-0.3, -0.25) is 0 Å². The van der Waals surface area contributed by atoms with E-state index in [-0.39, 0.29) is 11.5 Å². The van der Waals surface area contributed by atoms with Crippen molar-refractivity contribution >= 4 is 9.84 Å². The molecule has 0 saturated carbocycles. The van der Waals surface area contributed by atoms with Gasteiger partial charge in [-0.05, 0) is 20.3 Å². The molecule has 0 fully saturated rings. The Balaban J connectivity index is 3.44. The third-order valence-corrected chi connectivity index (χ3v) is 5.44. The summed E-state index contributed by atoms with van der Waals surface area (Å²) in [7, 11) is -3.10. The normalized spacial score (nSPS) is 12.8.